The molecular weight excluding hydrogens is 275 g/mol. The number of hydrogen-bond donors (Lipinski definition) is 0. The first-order valence-corrected chi connectivity index (χ1v) is 6.99. The molecule has 0 bridgehead atoms. The van der Waals surface area contributed by atoms with E-state index in [2.05, 4.69) is 11.8 Å². The fourth-order valence-electron chi connectivity index (χ4n) is 2.61. The summed E-state index contributed by atoms with van der Waals surface area (Å²) in [6, 6.07) is 4.76. The first-order chi connectivity index (χ1) is 8.93. The first kappa shape index (κ1) is 14.5. The lowest BCUT2D eigenvalue weighted by molar-refractivity contribution is -0.138. The zero-order valence-electron chi connectivity index (χ0n) is 10.8. The maximum Gasteiger partial charge on any atom is 0.416 e. The van der Waals surface area contributed by atoms with Gasteiger partial charge in [0.25, 0.3) is 0 Å². The van der Waals surface area contributed by atoms with E-state index < -0.39 is 11.7 Å². The van der Waals surface area contributed by atoms with Crippen LogP contribution in [0, 0.1) is 0 Å². The monoisotopic (exact) mass is 291 g/mol. The molecule has 5 heteroatoms. The third kappa shape index (κ3) is 3.16. The summed E-state index contributed by atoms with van der Waals surface area (Å²) in [7, 11) is 0. The molecule has 2 rings (SSSR count). The van der Waals surface area contributed by atoms with E-state index in [0.29, 0.717) is 5.69 Å². The van der Waals surface area contributed by atoms with Crippen molar-refractivity contribution in [3.05, 3.63) is 29.3 Å². The first-order valence-electron chi connectivity index (χ1n) is 6.46. The molecule has 0 spiro atoms. The van der Waals surface area contributed by atoms with Crippen LogP contribution < -0.4 is 4.90 Å². The van der Waals surface area contributed by atoms with E-state index in [1.54, 1.807) is 6.07 Å². The van der Waals surface area contributed by atoms with Crippen LogP contribution in [0.4, 0.5) is 18.9 Å². The molecule has 1 nitrogen and oxygen atoms in total. The highest BCUT2D eigenvalue weighted by Gasteiger charge is 2.34. The Morgan fingerprint density at radius 2 is 2.05 bits per heavy atom. The van der Waals surface area contributed by atoms with Crippen LogP contribution >= 0.6 is 11.6 Å². The van der Waals surface area contributed by atoms with Gasteiger partial charge in [-0.05, 0) is 43.9 Å². The third-order valence-electron chi connectivity index (χ3n) is 3.68. The summed E-state index contributed by atoms with van der Waals surface area (Å²) in [5.41, 5.74) is 0.175. The SMILES string of the molecule is CC1CCCCN1c1ccc(CCl)c(C(F)(F)F)c1. The minimum Gasteiger partial charge on any atom is -0.369 e. The predicted octanol–water partition coefficient (Wildman–Crippen LogP) is 4.82. The molecule has 0 saturated carbocycles. The molecule has 1 unspecified atom stereocenters. The van der Waals surface area contributed by atoms with Crippen LogP contribution in [0.5, 0.6) is 0 Å². The number of piperidine rings is 1. The summed E-state index contributed by atoms with van der Waals surface area (Å²) in [6.45, 7) is 2.88. The Bertz CT molecular complexity index is 445. The predicted molar refractivity (Wildman–Crippen MR) is 71.7 cm³/mol. The fraction of sp³-hybridized carbons (Fsp3) is 0.571. The lowest BCUT2D eigenvalue weighted by atomic mass is 10.0. The van der Waals surface area contributed by atoms with E-state index in [0.717, 1.165) is 25.8 Å². The third-order valence-corrected chi connectivity index (χ3v) is 3.97. The van der Waals surface area contributed by atoms with Crippen LogP contribution in [-0.4, -0.2) is 12.6 Å². The standard InChI is InChI=1S/C14H17ClF3N/c1-10-4-2-3-7-19(10)12-6-5-11(9-15)13(8-12)14(16,17)18/h5-6,8,10H,2-4,7,9H2,1H3. The summed E-state index contributed by atoms with van der Waals surface area (Å²) in [5.74, 6) is -0.120. The van der Waals surface area contributed by atoms with Crippen LogP contribution in [0.15, 0.2) is 18.2 Å². The van der Waals surface area contributed by atoms with Crippen molar-refractivity contribution in [1.29, 1.82) is 0 Å². The van der Waals surface area contributed by atoms with Crippen LogP contribution in [0.1, 0.15) is 37.3 Å². The minimum atomic E-state index is -4.35. The molecule has 0 aromatic heterocycles. The zero-order chi connectivity index (χ0) is 14.0. The van der Waals surface area contributed by atoms with Crippen molar-refractivity contribution in [2.75, 3.05) is 11.4 Å². The van der Waals surface area contributed by atoms with Gasteiger partial charge in [0.05, 0.1) is 5.56 Å². The molecule has 0 radical (unpaired) electrons. The normalized spacial score (nSPS) is 20.7. The molecule has 19 heavy (non-hydrogen) atoms. The highest BCUT2D eigenvalue weighted by atomic mass is 35.5. The number of rotatable bonds is 2. The Balaban J connectivity index is 2.37. The van der Waals surface area contributed by atoms with Crippen molar-refractivity contribution in [2.24, 2.45) is 0 Å². The van der Waals surface area contributed by atoms with Crippen molar-refractivity contribution >= 4 is 17.3 Å². The average molecular weight is 292 g/mol. The van der Waals surface area contributed by atoms with Crippen LogP contribution in [-0.2, 0) is 12.1 Å². The highest BCUT2D eigenvalue weighted by molar-refractivity contribution is 6.17. The highest BCUT2D eigenvalue weighted by Crippen LogP contribution is 2.36. The van der Waals surface area contributed by atoms with Gasteiger partial charge in [-0.2, -0.15) is 13.2 Å². The minimum absolute atomic E-state index is 0.120. The van der Waals surface area contributed by atoms with E-state index >= 15 is 0 Å². The molecule has 1 aliphatic rings. The zero-order valence-corrected chi connectivity index (χ0v) is 11.6. The second-order valence-electron chi connectivity index (χ2n) is 5.01. The summed E-state index contributed by atoms with van der Waals surface area (Å²) in [5, 5.41) is 0. The maximum absolute atomic E-state index is 13.0. The fourth-order valence-corrected chi connectivity index (χ4v) is 2.84. The second-order valence-corrected chi connectivity index (χ2v) is 5.28. The van der Waals surface area contributed by atoms with E-state index in [1.807, 2.05) is 0 Å². The largest absolute Gasteiger partial charge is 0.416 e. The summed E-state index contributed by atoms with van der Waals surface area (Å²) < 4.78 is 39.0. The van der Waals surface area contributed by atoms with Gasteiger partial charge in [-0.3, -0.25) is 0 Å². The van der Waals surface area contributed by atoms with Gasteiger partial charge in [0.1, 0.15) is 0 Å². The molecule has 1 saturated heterocycles. The van der Waals surface area contributed by atoms with E-state index in [9.17, 15) is 13.2 Å². The van der Waals surface area contributed by atoms with Gasteiger partial charge < -0.3 is 4.90 Å². The van der Waals surface area contributed by atoms with Gasteiger partial charge in [-0.25, -0.2) is 0 Å². The number of hydrogen-bond acceptors (Lipinski definition) is 1. The van der Waals surface area contributed by atoms with Gasteiger partial charge in [-0.1, -0.05) is 6.07 Å². The molecule has 1 fully saturated rings. The number of halogens is 4. The molecule has 106 valence electrons. The Hall–Kier alpha value is -0.900. The second kappa shape index (κ2) is 5.61. The van der Waals surface area contributed by atoms with Crippen molar-refractivity contribution in [2.45, 2.75) is 44.3 Å². The lowest BCUT2D eigenvalue weighted by Crippen LogP contribution is -2.37. The summed E-state index contributed by atoms with van der Waals surface area (Å²) >= 11 is 5.59. The van der Waals surface area contributed by atoms with Crippen LogP contribution in [0.3, 0.4) is 0 Å². The molecule has 1 aromatic rings. The molecule has 0 aliphatic carbocycles. The van der Waals surface area contributed by atoms with Crippen LogP contribution in [0.2, 0.25) is 0 Å². The number of nitrogens with zero attached hydrogens (tertiary/aromatic N) is 1. The Labute approximate surface area is 116 Å². The number of benzene rings is 1. The molecule has 0 amide bonds. The molecule has 1 atom stereocenters. The van der Waals surface area contributed by atoms with Gasteiger partial charge in [0.2, 0.25) is 0 Å². The molecule has 0 N–H and O–H groups in total. The van der Waals surface area contributed by atoms with Gasteiger partial charge in [-0.15, -0.1) is 11.6 Å². The topological polar surface area (TPSA) is 3.24 Å². The Morgan fingerprint density at radius 1 is 1.32 bits per heavy atom. The molecule has 1 aliphatic heterocycles. The van der Waals surface area contributed by atoms with Gasteiger partial charge in [0.15, 0.2) is 0 Å². The number of anilines is 1. The van der Waals surface area contributed by atoms with Gasteiger partial charge >= 0.3 is 6.18 Å². The smallest absolute Gasteiger partial charge is 0.369 e. The van der Waals surface area contributed by atoms with E-state index in [-0.39, 0.29) is 17.5 Å². The van der Waals surface area contributed by atoms with Gasteiger partial charge in [0, 0.05) is 24.2 Å². The van der Waals surface area contributed by atoms with E-state index in [4.69, 9.17) is 11.6 Å². The van der Waals surface area contributed by atoms with Crippen molar-refractivity contribution in [1.82, 2.24) is 0 Å². The Kier molecular flexibility index (Phi) is 4.29. The maximum atomic E-state index is 13.0. The van der Waals surface area contributed by atoms with Crippen molar-refractivity contribution in [3.63, 3.8) is 0 Å². The van der Waals surface area contributed by atoms with E-state index in [1.165, 1.54) is 12.1 Å². The molecular formula is C14H17ClF3N. The average Bonchev–Trinajstić information content (AvgIpc) is 2.37. The van der Waals surface area contributed by atoms with Crippen LogP contribution in [0.25, 0.3) is 0 Å². The summed E-state index contributed by atoms with van der Waals surface area (Å²) in [4.78, 5) is 2.05. The van der Waals surface area contributed by atoms with Crippen molar-refractivity contribution in [3.8, 4) is 0 Å². The molecule has 1 aromatic carbocycles. The van der Waals surface area contributed by atoms with Crippen molar-refractivity contribution < 1.29 is 13.2 Å². The quantitative estimate of drug-likeness (QED) is 0.706. The number of alkyl halides is 4. The summed E-state index contributed by atoms with van der Waals surface area (Å²) in [6.07, 6.45) is -1.15. The lowest BCUT2D eigenvalue weighted by Gasteiger charge is -2.36. The molecule has 1 heterocycles. The Morgan fingerprint density at radius 3 is 2.63 bits per heavy atom.